The molecular weight excluding hydrogens is 406 g/mol. The number of aryl methyl sites for hydroxylation is 1. The molecule has 1 amide bonds. The Morgan fingerprint density at radius 1 is 1.20 bits per heavy atom. The number of aromatic nitrogens is 6. The Morgan fingerprint density at radius 3 is 2.80 bits per heavy atom. The standard InChI is InChI=1S/C20H18ClN7O2/c1-13-9-17(19(29)22-20-23-26-27-24-20)25-28(13)11-15-10-16(21)7-8-18(15)30-12-14-5-3-2-4-6-14/h2-10H,11-12H2,1H3,(H2,22,23,24,26,27,29). The van der Waals surface area contributed by atoms with E-state index < -0.39 is 5.91 Å². The van der Waals surface area contributed by atoms with Gasteiger partial charge in [0, 0.05) is 16.3 Å². The first kappa shape index (κ1) is 19.6. The van der Waals surface area contributed by atoms with Gasteiger partial charge >= 0.3 is 0 Å². The third-order valence-corrected chi connectivity index (χ3v) is 4.61. The quantitative estimate of drug-likeness (QED) is 0.472. The molecule has 0 spiro atoms. The van der Waals surface area contributed by atoms with E-state index in [1.807, 2.05) is 49.4 Å². The Kier molecular flexibility index (Phi) is 5.71. The molecule has 0 fully saturated rings. The minimum Gasteiger partial charge on any atom is -0.489 e. The minimum absolute atomic E-state index is 0.152. The van der Waals surface area contributed by atoms with Gasteiger partial charge in [0.1, 0.15) is 12.4 Å². The van der Waals surface area contributed by atoms with Crippen LogP contribution in [0.4, 0.5) is 5.95 Å². The summed E-state index contributed by atoms with van der Waals surface area (Å²) < 4.78 is 7.73. The number of hydrogen-bond donors (Lipinski definition) is 2. The van der Waals surface area contributed by atoms with Crippen LogP contribution in [-0.4, -0.2) is 36.3 Å². The topological polar surface area (TPSA) is 111 Å². The summed E-state index contributed by atoms with van der Waals surface area (Å²) in [7, 11) is 0. The van der Waals surface area contributed by atoms with E-state index in [9.17, 15) is 4.79 Å². The number of halogens is 1. The monoisotopic (exact) mass is 423 g/mol. The fraction of sp³-hybridized carbons (Fsp3) is 0.150. The zero-order chi connectivity index (χ0) is 20.9. The number of aromatic amines is 1. The molecule has 152 valence electrons. The number of hydrogen-bond acceptors (Lipinski definition) is 6. The summed E-state index contributed by atoms with van der Waals surface area (Å²) in [4.78, 5) is 12.4. The number of carbonyl (C=O) groups excluding carboxylic acids is 1. The number of ether oxygens (including phenoxy) is 1. The van der Waals surface area contributed by atoms with E-state index in [4.69, 9.17) is 16.3 Å². The Balaban J connectivity index is 1.51. The Bertz CT molecular complexity index is 1140. The smallest absolute Gasteiger partial charge is 0.278 e. The molecule has 30 heavy (non-hydrogen) atoms. The fourth-order valence-electron chi connectivity index (χ4n) is 2.87. The van der Waals surface area contributed by atoms with Crippen LogP contribution in [0.2, 0.25) is 5.02 Å². The van der Waals surface area contributed by atoms with E-state index in [0.29, 0.717) is 23.9 Å². The zero-order valence-electron chi connectivity index (χ0n) is 16.0. The number of carbonyl (C=O) groups is 1. The Hall–Kier alpha value is -3.72. The Labute approximate surface area is 177 Å². The van der Waals surface area contributed by atoms with Crippen molar-refractivity contribution in [2.45, 2.75) is 20.1 Å². The van der Waals surface area contributed by atoms with Gasteiger partial charge in [-0.2, -0.15) is 5.10 Å². The summed E-state index contributed by atoms with van der Waals surface area (Å²) >= 11 is 6.20. The normalized spacial score (nSPS) is 10.7. The molecule has 4 rings (SSSR count). The van der Waals surface area contributed by atoms with E-state index >= 15 is 0 Å². The lowest BCUT2D eigenvalue weighted by molar-refractivity contribution is 0.102. The number of nitrogens with zero attached hydrogens (tertiary/aromatic N) is 5. The number of anilines is 1. The van der Waals surface area contributed by atoms with Crippen molar-refractivity contribution >= 4 is 23.5 Å². The van der Waals surface area contributed by atoms with Gasteiger partial charge in [-0.05, 0) is 47.2 Å². The van der Waals surface area contributed by atoms with Crippen molar-refractivity contribution in [2.24, 2.45) is 0 Å². The van der Waals surface area contributed by atoms with Crippen LogP contribution in [0, 0.1) is 6.92 Å². The summed E-state index contributed by atoms with van der Waals surface area (Å²) in [5, 5.41) is 20.5. The van der Waals surface area contributed by atoms with Crippen molar-refractivity contribution in [2.75, 3.05) is 5.32 Å². The summed E-state index contributed by atoms with van der Waals surface area (Å²) in [6.07, 6.45) is 0. The highest BCUT2D eigenvalue weighted by Crippen LogP contribution is 2.25. The van der Waals surface area contributed by atoms with Crippen LogP contribution < -0.4 is 10.1 Å². The maximum absolute atomic E-state index is 12.4. The second-order valence-electron chi connectivity index (χ2n) is 6.56. The van der Waals surface area contributed by atoms with Crippen molar-refractivity contribution in [3.63, 3.8) is 0 Å². The van der Waals surface area contributed by atoms with Crippen LogP contribution >= 0.6 is 11.6 Å². The van der Waals surface area contributed by atoms with Gasteiger partial charge in [-0.15, -0.1) is 0 Å². The third kappa shape index (κ3) is 4.64. The maximum Gasteiger partial charge on any atom is 0.278 e. The van der Waals surface area contributed by atoms with E-state index in [2.05, 4.69) is 31.0 Å². The van der Waals surface area contributed by atoms with Crippen LogP contribution in [-0.2, 0) is 13.2 Å². The lowest BCUT2D eigenvalue weighted by Gasteiger charge is -2.13. The van der Waals surface area contributed by atoms with E-state index in [-0.39, 0.29) is 11.6 Å². The summed E-state index contributed by atoms with van der Waals surface area (Å²) in [6, 6.07) is 17.0. The molecule has 2 heterocycles. The highest BCUT2D eigenvalue weighted by atomic mass is 35.5. The van der Waals surface area contributed by atoms with Gasteiger partial charge < -0.3 is 4.74 Å². The molecule has 2 aromatic heterocycles. The fourth-order valence-corrected chi connectivity index (χ4v) is 3.07. The number of benzene rings is 2. The van der Waals surface area contributed by atoms with Gasteiger partial charge in [-0.3, -0.25) is 14.8 Å². The molecule has 4 aromatic rings. The average molecular weight is 424 g/mol. The molecule has 2 N–H and O–H groups in total. The van der Waals surface area contributed by atoms with E-state index in [1.54, 1.807) is 16.8 Å². The summed E-state index contributed by atoms with van der Waals surface area (Å²) in [5.41, 5.74) is 2.98. The van der Waals surface area contributed by atoms with Gasteiger partial charge in [-0.25, -0.2) is 5.10 Å². The molecule has 0 radical (unpaired) electrons. The van der Waals surface area contributed by atoms with Gasteiger partial charge in [0.2, 0.25) is 5.95 Å². The molecule has 0 atom stereocenters. The molecule has 0 saturated carbocycles. The lowest BCUT2D eigenvalue weighted by atomic mass is 10.2. The second kappa shape index (κ2) is 8.75. The van der Waals surface area contributed by atoms with Crippen LogP contribution in [0.15, 0.2) is 54.6 Å². The molecule has 0 unspecified atom stereocenters. The largest absolute Gasteiger partial charge is 0.489 e. The highest BCUT2D eigenvalue weighted by Gasteiger charge is 2.15. The van der Waals surface area contributed by atoms with Crippen molar-refractivity contribution in [3.8, 4) is 5.75 Å². The van der Waals surface area contributed by atoms with E-state index in [1.165, 1.54) is 0 Å². The van der Waals surface area contributed by atoms with Crippen molar-refractivity contribution < 1.29 is 9.53 Å². The zero-order valence-corrected chi connectivity index (χ0v) is 16.8. The SMILES string of the molecule is Cc1cc(C(=O)Nc2nnn[nH]2)nn1Cc1cc(Cl)ccc1OCc1ccccc1. The van der Waals surface area contributed by atoms with Crippen LogP contribution in [0.5, 0.6) is 5.75 Å². The lowest BCUT2D eigenvalue weighted by Crippen LogP contribution is -2.14. The van der Waals surface area contributed by atoms with Gasteiger partial charge in [0.15, 0.2) is 5.69 Å². The van der Waals surface area contributed by atoms with Gasteiger partial charge in [-0.1, -0.05) is 47.0 Å². The number of nitrogens with one attached hydrogen (secondary N) is 2. The first-order valence-electron chi connectivity index (χ1n) is 9.13. The molecule has 0 aliphatic rings. The summed E-state index contributed by atoms with van der Waals surface area (Å²) in [5.74, 6) is 0.442. The highest BCUT2D eigenvalue weighted by molar-refractivity contribution is 6.30. The predicted octanol–water partition coefficient (Wildman–Crippen LogP) is 3.24. The number of tetrazole rings is 1. The summed E-state index contributed by atoms with van der Waals surface area (Å²) in [6.45, 7) is 2.70. The van der Waals surface area contributed by atoms with Crippen molar-refractivity contribution in [3.05, 3.63) is 82.1 Å². The Morgan fingerprint density at radius 2 is 2.03 bits per heavy atom. The molecule has 9 nitrogen and oxygen atoms in total. The second-order valence-corrected chi connectivity index (χ2v) is 7.00. The molecule has 2 aromatic carbocycles. The molecule has 0 aliphatic heterocycles. The first-order valence-corrected chi connectivity index (χ1v) is 9.51. The molecule has 0 bridgehead atoms. The molecule has 0 saturated heterocycles. The predicted molar refractivity (Wildman–Crippen MR) is 110 cm³/mol. The molecule has 0 aliphatic carbocycles. The van der Waals surface area contributed by atoms with Crippen molar-refractivity contribution in [1.82, 2.24) is 30.4 Å². The first-order chi connectivity index (χ1) is 14.6. The third-order valence-electron chi connectivity index (χ3n) is 4.37. The molecular formula is C20H18ClN7O2. The van der Waals surface area contributed by atoms with Crippen LogP contribution in [0.25, 0.3) is 0 Å². The van der Waals surface area contributed by atoms with Gasteiger partial charge in [0.05, 0.1) is 6.54 Å². The van der Waals surface area contributed by atoms with Gasteiger partial charge in [0.25, 0.3) is 5.91 Å². The number of amides is 1. The average Bonchev–Trinajstić information content (AvgIpc) is 3.38. The van der Waals surface area contributed by atoms with E-state index in [0.717, 1.165) is 16.8 Å². The molecule has 10 heteroatoms. The van der Waals surface area contributed by atoms with Crippen LogP contribution in [0.3, 0.4) is 0 Å². The minimum atomic E-state index is -0.415. The van der Waals surface area contributed by atoms with Crippen LogP contribution in [0.1, 0.15) is 27.3 Å². The van der Waals surface area contributed by atoms with Crippen molar-refractivity contribution in [1.29, 1.82) is 0 Å². The number of rotatable bonds is 7. The maximum atomic E-state index is 12.4. The number of H-pyrrole nitrogens is 1.